The highest BCUT2D eigenvalue weighted by Gasteiger charge is 2.16. The number of carbonyl (C=O) groups is 1. The maximum atomic E-state index is 11.9. The zero-order chi connectivity index (χ0) is 13.1. The van der Waals surface area contributed by atoms with E-state index >= 15 is 0 Å². The van der Waals surface area contributed by atoms with E-state index in [1.165, 1.54) is 0 Å². The molecular formula is C14H17N3O2. The standard InChI is InChI=1S/C14H17N3O2/c18-14(15-8-11-4-3-7-19-11)9-17-10-16-12-5-1-2-6-13(12)17/h1-2,5-6,10-11H,3-4,7-9H2,(H,15,18). The average molecular weight is 259 g/mol. The Morgan fingerprint density at radius 2 is 2.37 bits per heavy atom. The van der Waals surface area contributed by atoms with E-state index < -0.39 is 0 Å². The number of hydrogen-bond donors (Lipinski definition) is 1. The van der Waals surface area contributed by atoms with Gasteiger partial charge in [-0.3, -0.25) is 4.79 Å². The number of aromatic nitrogens is 2. The van der Waals surface area contributed by atoms with Crippen molar-refractivity contribution in [1.29, 1.82) is 0 Å². The monoisotopic (exact) mass is 259 g/mol. The predicted octanol–water partition coefficient (Wildman–Crippen LogP) is 1.33. The SMILES string of the molecule is O=C(Cn1cnc2ccccc21)NCC1CCCO1. The lowest BCUT2D eigenvalue weighted by molar-refractivity contribution is -0.122. The summed E-state index contributed by atoms with van der Waals surface area (Å²) in [5.41, 5.74) is 1.89. The van der Waals surface area contributed by atoms with Crippen LogP contribution >= 0.6 is 0 Å². The molecular weight excluding hydrogens is 242 g/mol. The molecule has 0 aliphatic carbocycles. The molecule has 1 aliphatic heterocycles. The van der Waals surface area contributed by atoms with E-state index in [0.29, 0.717) is 13.1 Å². The molecule has 2 heterocycles. The van der Waals surface area contributed by atoms with Crippen molar-refractivity contribution in [2.45, 2.75) is 25.5 Å². The summed E-state index contributed by atoms with van der Waals surface area (Å²) in [5, 5.41) is 2.92. The van der Waals surface area contributed by atoms with Gasteiger partial charge in [-0.15, -0.1) is 0 Å². The first-order chi connectivity index (χ1) is 9.33. The Labute approximate surface area is 111 Å². The topological polar surface area (TPSA) is 56.2 Å². The third kappa shape index (κ3) is 2.76. The van der Waals surface area contributed by atoms with Crippen LogP contribution in [0, 0.1) is 0 Å². The molecule has 19 heavy (non-hydrogen) atoms. The summed E-state index contributed by atoms with van der Waals surface area (Å²) >= 11 is 0. The van der Waals surface area contributed by atoms with Crippen LogP contribution in [-0.2, 0) is 16.1 Å². The fraction of sp³-hybridized carbons (Fsp3) is 0.429. The molecule has 1 atom stereocenters. The number of hydrogen-bond acceptors (Lipinski definition) is 3. The molecule has 0 saturated carbocycles. The first-order valence-corrected chi connectivity index (χ1v) is 6.61. The van der Waals surface area contributed by atoms with Crippen molar-refractivity contribution < 1.29 is 9.53 Å². The van der Waals surface area contributed by atoms with Gasteiger partial charge >= 0.3 is 0 Å². The van der Waals surface area contributed by atoms with Crippen LogP contribution in [0.5, 0.6) is 0 Å². The Kier molecular flexibility index (Phi) is 3.46. The number of imidazole rings is 1. The van der Waals surface area contributed by atoms with E-state index in [1.54, 1.807) is 6.33 Å². The van der Waals surface area contributed by atoms with Crippen molar-refractivity contribution >= 4 is 16.9 Å². The van der Waals surface area contributed by atoms with Gasteiger partial charge in [0, 0.05) is 13.2 Å². The number of amides is 1. The summed E-state index contributed by atoms with van der Waals surface area (Å²) in [6.07, 6.45) is 4.01. The van der Waals surface area contributed by atoms with Crippen molar-refractivity contribution in [3.05, 3.63) is 30.6 Å². The van der Waals surface area contributed by atoms with E-state index in [0.717, 1.165) is 30.5 Å². The van der Waals surface area contributed by atoms with E-state index in [4.69, 9.17) is 4.74 Å². The number of nitrogens with one attached hydrogen (secondary N) is 1. The van der Waals surface area contributed by atoms with Crippen molar-refractivity contribution in [3.8, 4) is 0 Å². The van der Waals surface area contributed by atoms with E-state index in [-0.39, 0.29) is 12.0 Å². The molecule has 5 heteroatoms. The van der Waals surface area contributed by atoms with Gasteiger partial charge in [-0.25, -0.2) is 4.98 Å². The third-order valence-corrected chi connectivity index (χ3v) is 3.39. The average Bonchev–Trinajstić information content (AvgIpc) is 3.07. The van der Waals surface area contributed by atoms with Gasteiger partial charge in [0.25, 0.3) is 0 Å². The lowest BCUT2D eigenvalue weighted by Crippen LogP contribution is -2.34. The molecule has 5 nitrogen and oxygen atoms in total. The minimum atomic E-state index is -0.00125. The maximum Gasteiger partial charge on any atom is 0.240 e. The van der Waals surface area contributed by atoms with Crippen LogP contribution in [0.2, 0.25) is 0 Å². The number of nitrogens with zero attached hydrogens (tertiary/aromatic N) is 2. The van der Waals surface area contributed by atoms with Gasteiger partial charge in [0.15, 0.2) is 0 Å². The highest BCUT2D eigenvalue weighted by atomic mass is 16.5. The molecule has 1 unspecified atom stereocenters. The molecule has 1 aromatic carbocycles. The Balaban J connectivity index is 1.59. The molecule has 100 valence electrons. The van der Waals surface area contributed by atoms with Crippen LogP contribution in [0.4, 0.5) is 0 Å². The Bertz CT molecular complexity index is 573. The Hall–Kier alpha value is -1.88. The minimum absolute atomic E-state index is 0.00125. The number of fused-ring (bicyclic) bond motifs is 1. The molecule has 1 N–H and O–H groups in total. The normalized spacial score (nSPS) is 18.8. The number of ether oxygens (including phenoxy) is 1. The smallest absolute Gasteiger partial charge is 0.240 e. The van der Waals surface area contributed by atoms with E-state index in [9.17, 15) is 4.79 Å². The van der Waals surface area contributed by atoms with Gasteiger partial charge in [0.1, 0.15) is 6.54 Å². The lowest BCUT2D eigenvalue weighted by Gasteiger charge is -2.11. The number of rotatable bonds is 4. The van der Waals surface area contributed by atoms with Gasteiger partial charge < -0.3 is 14.6 Å². The van der Waals surface area contributed by atoms with Crippen molar-refractivity contribution in [3.63, 3.8) is 0 Å². The number of benzene rings is 1. The van der Waals surface area contributed by atoms with Gasteiger partial charge in [-0.05, 0) is 25.0 Å². The van der Waals surface area contributed by atoms with Crippen LogP contribution in [0.15, 0.2) is 30.6 Å². The van der Waals surface area contributed by atoms with Gasteiger partial charge in [-0.1, -0.05) is 12.1 Å². The van der Waals surface area contributed by atoms with Crippen LogP contribution in [0.25, 0.3) is 11.0 Å². The second kappa shape index (κ2) is 5.40. The highest BCUT2D eigenvalue weighted by Crippen LogP contribution is 2.12. The summed E-state index contributed by atoms with van der Waals surface area (Å²) in [4.78, 5) is 16.2. The fourth-order valence-corrected chi connectivity index (χ4v) is 2.38. The fourth-order valence-electron chi connectivity index (χ4n) is 2.38. The Morgan fingerprint density at radius 3 is 3.21 bits per heavy atom. The highest BCUT2D eigenvalue weighted by molar-refractivity contribution is 5.80. The van der Waals surface area contributed by atoms with E-state index in [2.05, 4.69) is 10.3 Å². The second-order valence-corrected chi connectivity index (χ2v) is 4.80. The summed E-state index contributed by atoms with van der Waals surface area (Å²) in [7, 11) is 0. The molecule has 1 saturated heterocycles. The minimum Gasteiger partial charge on any atom is -0.376 e. The third-order valence-electron chi connectivity index (χ3n) is 3.39. The molecule has 2 aromatic rings. The van der Waals surface area contributed by atoms with Crippen LogP contribution in [0.3, 0.4) is 0 Å². The molecule has 0 radical (unpaired) electrons. The molecule has 1 fully saturated rings. The zero-order valence-electron chi connectivity index (χ0n) is 10.7. The summed E-state index contributed by atoms with van der Waals surface area (Å²) < 4.78 is 7.34. The molecule has 1 amide bonds. The van der Waals surface area contributed by atoms with Gasteiger partial charge in [0.2, 0.25) is 5.91 Å². The van der Waals surface area contributed by atoms with Crippen molar-refractivity contribution in [2.24, 2.45) is 0 Å². The molecule has 0 bridgehead atoms. The number of para-hydroxylation sites is 2. The predicted molar refractivity (Wildman–Crippen MR) is 71.7 cm³/mol. The zero-order valence-corrected chi connectivity index (χ0v) is 10.7. The van der Waals surface area contributed by atoms with Crippen LogP contribution < -0.4 is 5.32 Å². The van der Waals surface area contributed by atoms with Crippen molar-refractivity contribution in [1.82, 2.24) is 14.9 Å². The summed E-state index contributed by atoms with van der Waals surface area (Å²) in [6.45, 7) is 1.71. The Morgan fingerprint density at radius 1 is 1.47 bits per heavy atom. The first-order valence-electron chi connectivity index (χ1n) is 6.61. The molecule has 0 spiro atoms. The maximum absolute atomic E-state index is 11.9. The quantitative estimate of drug-likeness (QED) is 0.901. The second-order valence-electron chi connectivity index (χ2n) is 4.80. The van der Waals surface area contributed by atoms with Crippen LogP contribution in [-0.4, -0.2) is 34.7 Å². The largest absolute Gasteiger partial charge is 0.376 e. The summed E-state index contributed by atoms with van der Waals surface area (Å²) in [5.74, 6) is -0.00125. The van der Waals surface area contributed by atoms with Gasteiger partial charge in [0.05, 0.1) is 23.5 Å². The van der Waals surface area contributed by atoms with Gasteiger partial charge in [-0.2, -0.15) is 0 Å². The van der Waals surface area contributed by atoms with Crippen molar-refractivity contribution in [2.75, 3.05) is 13.2 Å². The summed E-state index contributed by atoms with van der Waals surface area (Å²) in [6, 6.07) is 7.80. The molecule has 1 aliphatic rings. The lowest BCUT2D eigenvalue weighted by atomic mass is 10.2. The molecule has 3 rings (SSSR count). The number of carbonyl (C=O) groups excluding carboxylic acids is 1. The van der Waals surface area contributed by atoms with Crippen LogP contribution in [0.1, 0.15) is 12.8 Å². The first kappa shape index (κ1) is 12.2. The molecule has 1 aromatic heterocycles. The van der Waals surface area contributed by atoms with E-state index in [1.807, 2.05) is 28.8 Å².